The molecule has 0 radical (unpaired) electrons. The van der Waals surface area contributed by atoms with Crippen LogP contribution in [0.15, 0.2) is 41.2 Å². The van der Waals surface area contributed by atoms with Gasteiger partial charge in [-0.05, 0) is 56.2 Å². The van der Waals surface area contributed by atoms with Gasteiger partial charge >= 0.3 is 11.9 Å². The molecule has 1 amide bonds. The predicted molar refractivity (Wildman–Crippen MR) is 126 cm³/mol. The van der Waals surface area contributed by atoms with Crippen LogP contribution in [0.4, 0.5) is 10.1 Å². The highest BCUT2D eigenvalue weighted by Crippen LogP contribution is 2.22. The van der Waals surface area contributed by atoms with E-state index in [0.717, 1.165) is 5.56 Å². The number of nitrogens with zero attached hydrogens (tertiary/aromatic N) is 2. The van der Waals surface area contributed by atoms with Gasteiger partial charge in [0.2, 0.25) is 0 Å². The van der Waals surface area contributed by atoms with Gasteiger partial charge in [0, 0.05) is 25.2 Å². The summed E-state index contributed by atoms with van der Waals surface area (Å²) in [5, 5.41) is 20.5. The van der Waals surface area contributed by atoms with Crippen LogP contribution in [0.3, 0.4) is 0 Å². The van der Waals surface area contributed by atoms with Gasteiger partial charge in [0.1, 0.15) is 17.7 Å². The van der Waals surface area contributed by atoms with Crippen LogP contribution in [0.5, 0.6) is 0 Å². The molecule has 3 aromatic rings. The Morgan fingerprint density at radius 1 is 1.17 bits per heavy atom. The largest absolute Gasteiger partial charge is 0.481 e. The molecule has 0 aliphatic carbocycles. The smallest absolute Gasteiger partial charge is 0.326 e. The molecule has 1 atom stereocenters. The summed E-state index contributed by atoms with van der Waals surface area (Å²) in [5.74, 6) is -3.90. The van der Waals surface area contributed by atoms with Crippen molar-refractivity contribution in [1.29, 1.82) is 0 Å². The van der Waals surface area contributed by atoms with Gasteiger partial charge in [-0.2, -0.15) is 0 Å². The number of halogens is 1. The SMILES string of the molecule is CCN(Cc1ccc2nc(C)[nH]c(=O)c2c1)c1ccc(C(=O)N[C@@H](CCC(=O)O)C(=O)O)c(F)c1. The van der Waals surface area contributed by atoms with E-state index in [0.29, 0.717) is 35.5 Å². The molecule has 0 unspecified atom stereocenters. The van der Waals surface area contributed by atoms with E-state index in [1.807, 2.05) is 17.9 Å². The third-order valence-corrected chi connectivity index (χ3v) is 5.46. The Labute approximate surface area is 199 Å². The summed E-state index contributed by atoms with van der Waals surface area (Å²) in [7, 11) is 0. The number of carbonyl (C=O) groups excluding carboxylic acids is 1. The van der Waals surface area contributed by atoms with Gasteiger partial charge in [-0.3, -0.25) is 14.4 Å². The number of hydrogen-bond donors (Lipinski definition) is 4. The number of aliphatic carboxylic acids is 2. The Hall–Kier alpha value is -4.28. The third kappa shape index (κ3) is 6.19. The molecule has 10 nitrogen and oxygen atoms in total. The fourth-order valence-electron chi connectivity index (χ4n) is 3.65. The quantitative estimate of drug-likeness (QED) is 0.342. The zero-order chi connectivity index (χ0) is 25.7. The average molecular weight is 484 g/mol. The number of aryl methyl sites for hydroxylation is 1. The number of fused-ring (bicyclic) bond motifs is 1. The number of aromatic nitrogens is 2. The van der Waals surface area contributed by atoms with Crippen LogP contribution in [0.2, 0.25) is 0 Å². The Kier molecular flexibility index (Phi) is 7.80. The maximum absolute atomic E-state index is 14.8. The van der Waals surface area contributed by atoms with Crippen molar-refractivity contribution in [1.82, 2.24) is 15.3 Å². The standard InChI is InChI=1S/C24H25FN4O6/c1-3-29(12-14-4-7-19-17(10-14)23(33)27-13(2)26-19)15-5-6-16(18(25)11-15)22(32)28-20(24(34)35)8-9-21(30)31/h4-7,10-11,20H,3,8-9,12H2,1-2H3,(H,28,32)(H,30,31)(H,34,35)(H,26,27,33)/t20-/m0/s1. The second-order valence-electron chi connectivity index (χ2n) is 7.98. The van der Waals surface area contributed by atoms with Crippen molar-refractivity contribution in [3.05, 3.63) is 69.5 Å². The monoisotopic (exact) mass is 484 g/mol. The van der Waals surface area contributed by atoms with Crippen LogP contribution in [0.1, 0.15) is 41.5 Å². The van der Waals surface area contributed by atoms with Crippen LogP contribution in [-0.2, 0) is 16.1 Å². The summed E-state index contributed by atoms with van der Waals surface area (Å²) < 4.78 is 14.8. The number of nitrogens with one attached hydrogen (secondary N) is 2. The molecule has 0 saturated heterocycles. The van der Waals surface area contributed by atoms with Crippen molar-refractivity contribution in [3.63, 3.8) is 0 Å². The first-order valence-corrected chi connectivity index (χ1v) is 10.9. The zero-order valence-electron chi connectivity index (χ0n) is 19.2. The van der Waals surface area contributed by atoms with Crippen molar-refractivity contribution in [3.8, 4) is 0 Å². The van der Waals surface area contributed by atoms with Gasteiger partial charge in [-0.25, -0.2) is 14.2 Å². The lowest BCUT2D eigenvalue weighted by Crippen LogP contribution is -2.41. The molecule has 0 aliphatic rings. The van der Waals surface area contributed by atoms with E-state index in [-0.39, 0.29) is 17.5 Å². The van der Waals surface area contributed by atoms with Crippen LogP contribution in [-0.4, -0.2) is 50.6 Å². The number of hydrogen-bond acceptors (Lipinski definition) is 6. The molecule has 0 spiro atoms. The Balaban J connectivity index is 1.78. The van der Waals surface area contributed by atoms with E-state index in [1.54, 1.807) is 19.1 Å². The number of carboxylic acid groups (broad SMARTS) is 2. The lowest BCUT2D eigenvalue weighted by Gasteiger charge is -2.24. The van der Waals surface area contributed by atoms with E-state index in [9.17, 15) is 28.7 Å². The summed E-state index contributed by atoms with van der Waals surface area (Å²) >= 11 is 0. The van der Waals surface area contributed by atoms with E-state index in [4.69, 9.17) is 5.11 Å². The number of benzene rings is 2. The van der Waals surface area contributed by atoms with Gasteiger partial charge in [0.05, 0.1) is 16.5 Å². The molecule has 1 aromatic heterocycles. The molecule has 3 rings (SSSR count). The zero-order valence-corrected chi connectivity index (χ0v) is 19.2. The van der Waals surface area contributed by atoms with Crippen LogP contribution in [0, 0.1) is 12.7 Å². The van der Waals surface area contributed by atoms with E-state index in [1.165, 1.54) is 18.2 Å². The molecule has 35 heavy (non-hydrogen) atoms. The first-order chi connectivity index (χ1) is 16.6. The molecule has 11 heteroatoms. The maximum Gasteiger partial charge on any atom is 0.326 e. The molecule has 0 fully saturated rings. The summed E-state index contributed by atoms with van der Waals surface area (Å²) in [6.45, 7) is 4.43. The number of amides is 1. The van der Waals surface area contributed by atoms with Gasteiger partial charge in [-0.15, -0.1) is 0 Å². The van der Waals surface area contributed by atoms with Gasteiger partial charge in [0.25, 0.3) is 11.5 Å². The van der Waals surface area contributed by atoms with Crippen LogP contribution >= 0.6 is 0 Å². The van der Waals surface area contributed by atoms with E-state index in [2.05, 4.69) is 15.3 Å². The number of rotatable bonds is 10. The molecule has 0 aliphatic heterocycles. The molecule has 2 aromatic carbocycles. The van der Waals surface area contributed by atoms with Gasteiger partial charge < -0.3 is 25.4 Å². The second-order valence-corrected chi connectivity index (χ2v) is 7.98. The van der Waals surface area contributed by atoms with Crippen molar-refractivity contribution in [2.75, 3.05) is 11.4 Å². The molecule has 4 N–H and O–H groups in total. The normalized spacial score (nSPS) is 11.7. The predicted octanol–water partition coefficient (Wildman–Crippen LogP) is 2.44. The number of H-pyrrole nitrogens is 1. The maximum atomic E-state index is 14.8. The minimum Gasteiger partial charge on any atom is -0.481 e. The first kappa shape index (κ1) is 25.3. The van der Waals surface area contributed by atoms with Crippen molar-refractivity contribution in [2.45, 2.75) is 39.3 Å². The average Bonchev–Trinajstić information content (AvgIpc) is 2.79. The fraction of sp³-hybridized carbons (Fsp3) is 0.292. The van der Waals surface area contributed by atoms with Crippen LogP contribution in [0.25, 0.3) is 10.9 Å². The highest BCUT2D eigenvalue weighted by Gasteiger charge is 2.23. The fourth-order valence-corrected chi connectivity index (χ4v) is 3.65. The third-order valence-electron chi connectivity index (χ3n) is 5.46. The van der Waals surface area contributed by atoms with Crippen molar-refractivity contribution < 1.29 is 29.0 Å². The molecular formula is C24H25FN4O6. The minimum atomic E-state index is -1.46. The van der Waals surface area contributed by atoms with Gasteiger partial charge in [-0.1, -0.05) is 6.07 Å². The highest BCUT2D eigenvalue weighted by molar-refractivity contribution is 5.97. The lowest BCUT2D eigenvalue weighted by molar-refractivity contribution is -0.140. The Bertz CT molecular complexity index is 1340. The Morgan fingerprint density at radius 2 is 1.91 bits per heavy atom. The van der Waals surface area contributed by atoms with Gasteiger partial charge in [0.15, 0.2) is 0 Å². The summed E-state index contributed by atoms with van der Waals surface area (Å²) in [4.78, 5) is 55.5. The molecule has 0 bridgehead atoms. The van der Waals surface area contributed by atoms with E-state index < -0.39 is 36.1 Å². The minimum absolute atomic E-state index is 0.248. The highest BCUT2D eigenvalue weighted by atomic mass is 19.1. The summed E-state index contributed by atoms with van der Waals surface area (Å²) in [6, 6.07) is 7.80. The van der Waals surface area contributed by atoms with Crippen molar-refractivity contribution in [2.24, 2.45) is 0 Å². The first-order valence-electron chi connectivity index (χ1n) is 10.9. The van der Waals surface area contributed by atoms with E-state index >= 15 is 0 Å². The molecule has 184 valence electrons. The lowest BCUT2D eigenvalue weighted by atomic mass is 10.1. The molecule has 1 heterocycles. The number of carboxylic acids is 2. The van der Waals surface area contributed by atoms with Crippen molar-refractivity contribution >= 4 is 34.4 Å². The molecule has 0 saturated carbocycles. The molecular weight excluding hydrogens is 459 g/mol. The Morgan fingerprint density at radius 3 is 2.54 bits per heavy atom. The second kappa shape index (κ2) is 10.8. The summed E-state index contributed by atoms with van der Waals surface area (Å²) in [6.07, 6.45) is -0.788. The topological polar surface area (TPSA) is 153 Å². The summed E-state index contributed by atoms with van der Waals surface area (Å²) in [5.41, 5.74) is 1.26. The number of aromatic amines is 1. The van der Waals surface area contributed by atoms with Crippen LogP contribution < -0.4 is 15.8 Å². The number of anilines is 1. The number of carbonyl (C=O) groups is 3.